The maximum Gasteiger partial charge on any atom is 0.255 e. The number of benzene rings is 1. The molecular formula is C18H18N4O. The number of carbonyl (C=O) groups excluding carboxylic acids is 1. The number of anilines is 1. The molecule has 0 unspecified atom stereocenters. The summed E-state index contributed by atoms with van der Waals surface area (Å²) in [5, 5.41) is 7.14. The highest BCUT2D eigenvalue weighted by molar-refractivity contribution is 6.04. The topological polar surface area (TPSA) is 59.8 Å². The molecule has 116 valence electrons. The molecule has 0 saturated carbocycles. The van der Waals surface area contributed by atoms with Crippen LogP contribution in [0.1, 0.15) is 21.5 Å². The van der Waals surface area contributed by atoms with Gasteiger partial charge in [-0.05, 0) is 43.2 Å². The molecule has 5 heteroatoms. The molecule has 1 aromatic carbocycles. The minimum Gasteiger partial charge on any atom is -0.319 e. The summed E-state index contributed by atoms with van der Waals surface area (Å²) >= 11 is 0. The van der Waals surface area contributed by atoms with Crippen molar-refractivity contribution >= 4 is 11.6 Å². The molecule has 23 heavy (non-hydrogen) atoms. The van der Waals surface area contributed by atoms with Crippen LogP contribution >= 0.6 is 0 Å². The zero-order valence-corrected chi connectivity index (χ0v) is 12.9. The number of nitrogens with zero attached hydrogens (tertiary/aromatic N) is 3. The summed E-state index contributed by atoms with van der Waals surface area (Å²) < 4.78 is 1.82. The van der Waals surface area contributed by atoms with Crippen molar-refractivity contribution in [1.29, 1.82) is 0 Å². The van der Waals surface area contributed by atoms with Gasteiger partial charge in [-0.1, -0.05) is 17.7 Å². The summed E-state index contributed by atoms with van der Waals surface area (Å²) in [6.45, 7) is 2.75. The molecule has 2 heterocycles. The van der Waals surface area contributed by atoms with E-state index in [0.717, 1.165) is 18.5 Å². The predicted octanol–water partition coefficient (Wildman–Crippen LogP) is 3.08. The third-order valence-electron chi connectivity index (χ3n) is 3.58. The van der Waals surface area contributed by atoms with Crippen molar-refractivity contribution in [2.75, 3.05) is 5.32 Å². The van der Waals surface area contributed by atoms with E-state index in [4.69, 9.17) is 0 Å². The Bertz CT molecular complexity index is 778. The number of aryl methyl sites for hydroxylation is 3. The maximum atomic E-state index is 12.2. The molecular weight excluding hydrogens is 288 g/mol. The summed E-state index contributed by atoms with van der Waals surface area (Å²) in [6, 6.07) is 11.5. The van der Waals surface area contributed by atoms with E-state index in [0.29, 0.717) is 11.3 Å². The molecule has 0 aliphatic heterocycles. The zero-order chi connectivity index (χ0) is 16.1. The summed E-state index contributed by atoms with van der Waals surface area (Å²) in [4.78, 5) is 16.2. The Kier molecular flexibility index (Phi) is 4.47. The highest BCUT2D eigenvalue weighted by Crippen LogP contribution is 2.10. The number of carbonyl (C=O) groups is 1. The molecule has 0 aliphatic rings. The van der Waals surface area contributed by atoms with Gasteiger partial charge in [0, 0.05) is 30.7 Å². The second-order valence-electron chi connectivity index (χ2n) is 5.42. The standard InChI is InChI=1S/C18H18N4O/c1-14-2-4-16(5-3-14)18(23)21-17-12-20-22(13-17)11-8-15-6-9-19-10-7-15/h2-7,9-10,12-13H,8,11H2,1H3,(H,21,23). The summed E-state index contributed by atoms with van der Waals surface area (Å²) in [7, 11) is 0. The highest BCUT2D eigenvalue weighted by Gasteiger charge is 2.07. The fraction of sp³-hybridized carbons (Fsp3) is 0.167. The van der Waals surface area contributed by atoms with E-state index in [1.807, 2.05) is 54.2 Å². The van der Waals surface area contributed by atoms with E-state index in [1.165, 1.54) is 5.56 Å². The van der Waals surface area contributed by atoms with Crippen molar-refractivity contribution < 1.29 is 4.79 Å². The van der Waals surface area contributed by atoms with E-state index in [1.54, 1.807) is 18.6 Å². The average molecular weight is 306 g/mol. The molecule has 5 nitrogen and oxygen atoms in total. The number of aromatic nitrogens is 3. The second-order valence-corrected chi connectivity index (χ2v) is 5.42. The van der Waals surface area contributed by atoms with Crippen LogP contribution in [-0.2, 0) is 13.0 Å². The van der Waals surface area contributed by atoms with Crippen LogP contribution in [0.15, 0.2) is 61.2 Å². The first kappa shape index (κ1) is 15.0. The average Bonchev–Trinajstić information content (AvgIpc) is 3.02. The van der Waals surface area contributed by atoms with Crippen molar-refractivity contribution in [1.82, 2.24) is 14.8 Å². The van der Waals surface area contributed by atoms with Crippen LogP contribution in [0.5, 0.6) is 0 Å². The molecule has 3 rings (SSSR count). The van der Waals surface area contributed by atoms with E-state index >= 15 is 0 Å². The predicted molar refractivity (Wildman–Crippen MR) is 89.3 cm³/mol. The zero-order valence-electron chi connectivity index (χ0n) is 12.9. The number of hydrogen-bond donors (Lipinski definition) is 1. The largest absolute Gasteiger partial charge is 0.319 e. The van der Waals surface area contributed by atoms with Crippen LogP contribution in [0.4, 0.5) is 5.69 Å². The van der Waals surface area contributed by atoms with Gasteiger partial charge >= 0.3 is 0 Å². The molecule has 0 bridgehead atoms. The molecule has 1 amide bonds. The molecule has 0 aliphatic carbocycles. The van der Waals surface area contributed by atoms with Crippen LogP contribution in [0.25, 0.3) is 0 Å². The molecule has 1 N–H and O–H groups in total. The molecule has 0 saturated heterocycles. The Morgan fingerprint density at radius 3 is 2.61 bits per heavy atom. The van der Waals surface area contributed by atoms with Crippen molar-refractivity contribution in [2.24, 2.45) is 0 Å². The Labute approximate surface area is 135 Å². The lowest BCUT2D eigenvalue weighted by Gasteiger charge is -2.03. The number of hydrogen-bond acceptors (Lipinski definition) is 3. The number of pyridine rings is 1. The normalized spacial score (nSPS) is 10.5. The van der Waals surface area contributed by atoms with Crippen molar-refractivity contribution in [2.45, 2.75) is 19.9 Å². The number of amides is 1. The smallest absolute Gasteiger partial charge is 0.255 e. The van der Waals surface area contributed by atoms with E-state index in [2.05, 4.69) is 15.4 Å². The lowest BCUT2D eigenvalue weighted by molar-refractivity contribution is 0.102. The minimum atomic E-state index is -0.126. The molecule has 0 fully saturated rings. The Morgan fingerprint density at radius 2 is 1.87 bits per heavy atom. The van der Waals surface area contributed by atoms with E-state index in [-0.39, 0.29) is 5.91 Å². The SMILES string of the molecule is Cc1ccc(C(=O)Nc2cnn(CCc3ccncc3)c2)cc1. The van der Waals surface area contributed by atoms with Gasteiger partial charge in [0.05, 0.1) is 11.9 Å². The second kappa shape index (κ2) is 6.87. The first-order valence-corrected chi connectivity index (χ1v) is 7.50. The van der Waals surface area contributed by atoms with Crippen molar-refractivity contribution in [3.63, 3.8) is 0 Å². The van der Waals surface area contributed by atoms with Crippen LogP contribution < -0.4 is 5.32 Å². The molecule has 3 aromatic rings. The van der Waals surface area contributed by atoms with Crippen molar-refractivity contribution in [3.8, 4) is 0 Å². The van der Waals surface area contributed by atoms with Gasteiger partial charge in [0.15, 0.2) is 0 Å². The monoisotopic (exact) mass is 306 g/mol. The fourth-order valence-corrected chi connectivity index (χ4v) is 2.25. The Hall–Kier alpha value is -2.95. The molecule has 0 spiro atoms. The van der Waals surface area contributed by atoms with Crippen molar-refractivity contribution in [3.05, 3.63) is 77.9 Å². The Balaban J connectivity index is 1.58. The number of rotatable bonds is 5. The van der Waals surface area contributed by atoms with Crippen LogP contribution in [-0.4, -0.2) is 20.7 Å². The molecule has 0 radical (unpaired) electrons. The van der Waals surface area contributed by atoms with Gasteiger partial charge in [-0.3, -0.25) is 14.5 Å². The van der Waals surface area contributed by atoms with Crippen LogP contribution in [0, 0.1) is 6.92 Å². The fourth-order valence-electron chi connectivity index (χ4n) is 2.25. The van der Waals surface area contributed by atoms with Gasteiger partial charge in [-0.2, -0.15) is 5.10 Å². The first-order chi connectivity index (χ1) is 11.2. The van der Waals surface area contributed by atoms with Crippen LogP contribution in [0.3, 0.4) is 0 Å². The molecule has 2 aromatic heterocycles. The Morgan fingerprint density at radius 1 is 1.13 bits per heavy atom. The maximum absolute atomic E-state index is 12.2. The van der Waals surface area contributed by atoms with Gasteiger partial charge in [0.1, 0.15) is 0 Å². The summed E-state index contributed by atoms with van der Waals surface area (Å²) in [5.41, 5.74) is 3.68. The summed E-state index contributed by atoms with van der Waals surface area (Å²) in [6.07, 6.45) is 7.94. The third kappa shape index (κ3) is 4.03. The third-order valence-corrected chi connectivity index (χ3v) is 3.58. The van der Waals surface area contributed by atoms with Gasteiger partial charge in [0.25, 0.3) is 5.91 Å². The lowest BCUT2D eigenvalue weighted by atomic mass is 10.1. The van der Waals surface area contributed by atoms with Gasteiger partial charge in [0.2, 0.25) is 0 Å². The minimum absolute atomic E-state index is 0.126. The van der Waals surface area contributed by atoms with E-state index in [9.17, 15) is 4.79 Å². The number of nitrogens with one attached hydrogen (secondary N) is 1. The lowest BCUT2D eigenvalue weighted by Crippen LogP contribution is -2.11. The van der Waals surface area contributed by atoms with Crippen LogP contribution in [0.2, 0.25) is 0 Å². The molecule has 0 atom stereocenters. The quantitative estimate of drug-likeness (QED) is 0.788. The van der Waals surface area contributed by atoms with E-state index < -0.39 is 0 Å². The first-order valence-electron chi connectivity index (χ1n) is 7.50. The van der Waals surface area contributed by atoms with Gasteiger partial charge in [-0.25, -0.2) is 0 Å². The summed E-state index contributed by atoms with van der Waals surface area (Å²) in [5.74, 6) is -0.126. The van der Waals surface area contributed by atoms with Gasteiger partial charge in [-0.15, -0.1) is 0 Å². The van der Waals surface area contributed by atoms with Gasteiger partial charge < -0.3 is 5.32 Å². The highest BCUT2D eigenvalue weighted by atomic mass is 16.1.